The Morgan fingerprint density at radius 3 is 2.55 bits per heavy atom. The molecule has 1 aromatic heterocycles. The van der Waals surface area contributed by atoms with Gasteiger partial charge >= 0.3 is 0 Å². The highest BCUT2D eigenvalue weighted by Gasteiger charge is 2.19. The summed E-state index contributed by atoms with van der Waals surface area (Å²) >= 11 is 1.23. The minimum atomic E-state index is -3.35. The molecule has 0 aliphatic rings. The molecule has 3 aromatic rings. The van der Waals surface area contributed by atoms with Crippen LogP contribution in [0.2, 0.25) is 0 Å². The van der Waals surface area contributed by atoms with E-state index < -0.39 is 15.1 Å². The fourth-order valence-electron chi connectivity index (χ4n) is 2.83. The number of hydrogen-bond acceptors (Lipinski definition) is 4. The van der Waals surface area contributed by atoms with Gasteiger partial charge in [0.2, 0.25) is 0 Å². The van der Waals surface area contributed by atoms with Crippen LogP contribution in [0.4, 0.5) is 4.39 Å². The third-order valence-corrected chi connectivity index (χ3v) is 7.62. The molecule has 0 atom stereocenters. The number of aromatic nitrogens is 1. The van der Waals surface area contributed by atoms with Gasteiger partial charge in [-0.3, -0.25) is 4.79 Å². The number of thiazole rings is 1. The van der Waals surface area contributed by atoms with Crippen LogP contribution >= 0.6 is 11.3 Å². The Morgan fingerprint density at radius 2 is 1.93 bits per heavy atom. The number of allylic oxidation sites excluding steroid dienone is 1. The minimum absolute atomic E-state index is 0.0404. The van der Waals surface area contributed by atoms with E-state index in [1.165, 1.54) is 35.6 Å². The first-order valence-corrected chi connectivity index (χ1v) is 11.4. The summed E-state index contributed by atoms with van der Waals surface area (Å²) in [6.45, 7) is 7.42. The van der Waals surface area contributed by atoms with Gasteiger partial charge in [-0.15, -0.1) is 6.58 Å². The number of halogens is 1. The molecular formula is C21H21FN2O3S2. The number of hydrogen-bond donors (Lipinski definition) is 0. The van der Waals surface area contributed by atoms with Crippen molar-refractivity contribution in [1.82, 2.24) is 4.57 Å². The fourth-order valence-corrected chi connectivity index (χ4v) is 4.97. The molecule has 0 saturated carbocycles. The van der Waals surface area contributed by atoms with Gasteiger partial charge in [0.15, 0.2) is 14.6 Å². The van der Waals surface area contributed by atoms with E-state index >= 15 is 0 Å². The first-order chi connectivity index (χ1) is 13.7. The molecule has 0 bridgehead atoms. The second-order valence-electron chi connectivity index (χ2n) is 6.82. The zero-order valence-corrected chi connectivity index (χ0v) is 17.8. The lowest BCUT2D eigenvalue weighted by molar-refractivity contribution is -0.117. The maximum Gasteiger partial charge on any atom is 0.252 e. The molecule has 0 aliphatic heterocycles. The Labute approximate surface area is 172 Å². The van der Waals surface area contributed by atoms with Crippen molar-refractivity contribution in [2.75, 3.05) is 0 Å². The molecule has 8 heteroatoms. The number of benzene rings is 2. The van der Waals surface area contributed by atoms with E-state index in [1.54, 1.807) is 38.1 Å². The highest BCUT2D eigenvalue weighted by molar-refractivity contribution is 7.92. The van der Waals surface area contributed by atoms with E-state index in [0.29, 0.717) is 21.6 Å². The van der Waals surface area contributed by atoms with Crippen molar-refractivity contribution in [3.63, 3.8) is 0 Å². The lowest BCUT2D eigenvalue weighted by Crippen LogP contribution is -2.17. The smallest absolute Gasteiger partial charge is 0.252 e. The average Bonchev–Trinajstić information content (AvgIpc) is 2.98. The van der Waals surface area contributed by atoms with E-state index in [4.69, 9.17) is 0 Å². The van der Waals surface area contributed by atoms with Crippen molar-refractivity contribution in [2.45, 2.75) is 37.0 Å². The monoisotopic (exact) mass is 432 g/mol. The van der Waals surface area contributed by atoms with E-state index in [-0.39, 0.29) is 23.0 Å². The van der Waals surface area contributed by atoms with Crippen molar-refractivity contribution < 1.29 is 17.6 Å². The fraction of sp³-hybridized carbons (Fsp3) is 0.238. The molecule has 29 heavy (non-hydrogen) atoms. The third kappa shape index (κ3) is 4.54. The summed E-state index contributed by atoms with van der Waals surface area (Å²) < 4.78 is 40.4. The molecule has 5 nitrogen and oxygen atoms in total. The summed E-state index contributed by atoms with van der Waals surface area (Å²) in [5, 5.41) is -0.511. The zero-order chi connectivity index (χ0) is 21.2. The molecule has 2 aromatic carbocycles. The zero-order valence-electron chi connectivity index (χ0n) is 16.1. The van der Waals surface area contributed by atoms with Crippen LogP contribution in [0.25, 0.3) is 10.2 Å². The number of sulfone groups is 1. The Balaban J connectivity index is 1.89. The maximum absolute atomic E-state index is 13.5. The van der Waals surface area contributed by atoms with Crippen LogP contribution < -0.4 is 4.80 Å². The van der Waals surface area contributed by atoms with Crippen LogP contribution in [0.3, 0.4) is 0 Å². The van der Waals surface area contributed by atoms with E-state index in [2.05, 4.69) is 11.6 Å². The van der Waals surface area contributed by atoms with E-state index in [9.17, 15) is 17.6 Å². The molecule has 0 radical (unpaired) electrons. The topological polar surface area (TPSA) is 68.5 Å². The molecule has 0 N–H and O–H groups in total. The average molecular weight is 433 g/mol. The largest absolute Gasteiger partial charge is 0.313 e. The van der Waals surface area contributed by atoms with Crippen LogP contribution in [-0.2, 0) is 27.6 Å². The summed E-state index contributed by atoms with van der Waals surface area (Å²) in [7, 11) is -3.35. The highest BCUT2D eigenvalue weighted by Crippen LogP contribution is 2.19. The summed E-state index contributed by atoms with van der Waals surface area (Å²) in [5.41, 5.74) is 1.45. The van der Waals surface area contributed by atoms with Gasteiger partial charge in [-0.2, -0.15) is 4.99 Å². The van der Waals surface area contributed by atoms with Gasteiger partial charge in [0.1, 0.15) is 5.82 Å². The third-order valence-electron chi connectivity index (χ3n) is 4.40. The van der Waals surface area contributed by atoms with Gasteiger partial charge in [0.05, 0.1) is 26.8 Å². The van der Waals surface area contributed by atoms with Gasteiger partial charge in [0.25, 0.3) is 5.91 Å². The predicted octanol–water partition coefficient (Wildman–Crippen LogP) is 3.88. The van der Waals surface area contributed by atoms with Crippen molar-refractivity contribution in [3.05, 3.63) is 71.3 Å². The molecule has 0 unspecified atom stereocenters. The predicted molar refractivity (Wildman–Crippen MR) is 113 cm³/mol. The minimum Gasteiger partial charge on any atom is -0.313 e. The van der Waals surface area contributed by atoms with Crippen LogP contribution in [-0.4, -0.2) is 24.1 Å². The Bertz CT molecular complexity index is 1240. The van der Waals surface area contributed by atoms with Gasteiger partial charge in [0, 0.05) is 6.54 Å². The highest BCUT2D eigenvalue weighted by atomic mass is 32.2. The van der Waals surface area contributed by atoms with E-state index in [1.807, 2.05) is 4.57 Å². The molecule has 0 fully saturated rings. The van der Waals surface area contributed by atoms with Crippen molar-refractivity contribution in [3.8, 4) is 0 Å². The molecular weight excluding hydrogens is 411 g/mol. The first kappa shape index (κ1) is 21.1. The first-order valence-electron chi connectivity index (χ1n) is 9.02. The van der Waals surface area contributed by atoms with Crippen LogP contribution in [0.1, 0.15) is 19.4 Å². The summed E-state index contributed by atoms with van der Waals surface area (Å²) in [4.78, 5) is 17.4. The molecule has 1 amide bonds. The van der Waals surface area contributed by atoms with Crippen molar-refractivity contribution >= 4 is 37.3 Å². The molecule has 0 aliphatic carbocycles. The number of nitrogens with zero attached hydrogens (tertiary/aromatic N) is 2. The Kier molecular flexibility index (Phi) is 6.14. The summed E-state index contributed by atoms with van der Waals surface area (Å²) in [6.07, 6.45) is 1.73. The van der Waals surface area contributed by atoms with Gasteiger partial charge in [-0.05, 0) is 49.7 Å². The SMILES string of the molecule is C=CCn1c(=NC(=O)Cc2ccc(S(=O)(=O)C(C)C)cc2)sc2cc(F)ccc21. The second kappa shape index (κ2) is 8.42. The van der Waals surface area contributed by atoms with Crippen molar-refractivity contribution in [2.24, 2.45) is 4.99 Å². The molecule has 3 rings (SSSR count). The number of carbonyl (C=O) groups excluding carboxylic acids is 1. The van der Waals surface area contributed by atoms with E-state index in [0.717, 1.165) is 5.52 Å². The number of rotatable bonds is 6. The van der Waals surface area contributed by atoms with Gasteiger partial charge in [-0.25, -0.2) is 12.8 Å². The van der Waals surface area contributed by atoms with Crippen LogP contribution in [0, 0.1) is 5.82 Å². The summed E-state index contributed by atoms with van der Waals surface area (Å²) in [5.74, 6) is -0.715. The van der Waals surface area contributed by atoms with Crippen LogP contribution in [0.15, 0.2) is 65.0 Å². The molecule has 0 saturated heterocycles. The van der Waals surface area contributed by atoms with Gasteiger partial charge in [-0.1, -0.05) is 29.5 Å². The normalized spacial score (nSPS) is 12.6. The Hall–Kier alpha value is -2.58. The summed E-state index contributed by atoms with van der Waals surface area (Å²) in [6, 6.07) is 10.7. The second-order valence-corrected chi connectivity index (χ2v) is 10.3. The lowest BCUT2D eigenvalue weighted by Gasteiger charge is -2.08. The molecule has 1 heterocycles. The standard InChI is InChI=1S/C21H21FN2O3S2/c1-4-11-24-18-10-7-16(22)13-19(18)28-21(24)23-20(25)12-15-5-8-17(9-6-15)29(26,27)14(2)3/h4-10,13-14H,1,11-12H2,2-3H3. The number of amides is 1. The number of carbonyl (C=O) groups is 1. The molecule has 152 valence electrons. The number of fused-ring (bicyclic) bond motifs is 1. The Morgan fingerprint density at radius 1 is 1.24 bits per heavy atom. The quantitative estimate of drug-likeness (QED) is 0.555. The van der Waals surface area contributed by atoms with Crippen molar-refractivity contribution in [1.29, 1.82) is 0 Å². The lowest BCUT2D eigenvalue weighted by atomic mass is 10.1. The molecule has 0 spiro atoms. The van der Waals surface area contributed by atoms with Crippen LogP contribution in [0.5, 0.6) is 0 Å². The maximum atomic E-state index is 13.5. The van der Waals surface area contributed by atoms with Gasteiger partial charge < -0.3 is 4.57 Å².